The van der Waals surface area contributed by atoms with E-state index in [2.05, 4.69) is 5.32 Å². The maximum Gasteiger partial charge on any atom is 0.139 e. The van der Waals surface area contributed by atoms with E-state index < -0.39 is 0 Å². The van der Waals surface area contributed by atoms with Crippen molar-refractivity contribution in [1.29, 1.82) is 0 Å². The molecule has 0 aliphatic carbocycles. The lowest BCUT2D eigenvalue weighted by Gasteiger charge is -2.10. The lowest BCUT2D eigenvalue weighted by molar-refractivity contribution is 0.469. The Hall–Kier alpha value is -1.58. The predicted molar refractivity (Wildman–Crippen MR) is 73.6 cm³/mol. The molecule has 0 saturated heterocycles. The molecule has 2 rings (SSSR count). The Bertz CT molecular complexity index is 556. The molecule has 0 unspecified atom stereocenters. The number of phenols is 2. The van der Waals surface area contributed by atoms with Crippen molar-refractivity contribution < 1.29 is 10.2 Å². The molecule has 0 aliphatic rings. The first-order chi connectivity index (χ1) is 8.56. The monoisotopic (exact) mass is 283 g/mol. The van der Waals surface area contributed by atoms with Crippen LogP contribution in [0.25, 0.3) is 0 Å². The molecule has 0 saturated carbocycles. The SMILES string of the molecule is Oc1ccc(NCc2cc(Cl)cc(Cl)c2O)cc1. The van der Waals surface area contributed by atoms with E-state index in [-0.39, 0.29) is 16.5 Å². The molecule has 2 aromatic carbocycles. The fraction of sp³-hybridized carbons (Fsp3) is 0.0769. The normalized spacial score (nSPS) is 10.3. The van der Waals surface area contributed by atoms with Crippen molar-refractivity contribution in [2.24, 2.45) is 0 Å². The standard InChI is InChI=1S/C13H11Cl2NO2/c14-9-5-8(13(18)12(15)6-9)7-16-10-1-3-11(17)4-2-10/h1-6,16-18H,7H2. The molecule has 18 heavy (non-hydrogen) atoms. The molecule has 94 valence electrons. The van der Waals surface area contributed by atoms with Crippen LogP contribution in [0.15, 0.2) is 36.4 Å². The van der Waals surface area contributed by atoms with Crippen LogP contribution >= 0.6 is 23.2 Å². The van der Waals surface area contributed by atoms with Crippen molar-refractivity contribution in [3.63, 3.8) is 0 Å². The first kappa shape index (κ1) is 12.9. The summed E-state index contributed by atoms with van der Waals surface area (Å²) in [6.45, 7) is 0.386. The van der Waals surface area contributed by atoms with Crippen molar-refractivity contribution in [2.75, 3.05) is 5.32 Å². The van der Waals surface area contributed by atoms with Crippen LogP contribution in [0, 0.1) is 0 Å². The molecule has 0 bridgehead atoms. The zero-order chi connectivity index (χ0) is 13.1. The van der Waals surface area contributed by atoms with Crippen molar-refractivity contribution in [3.8, 4) is 11.5 Å². The molecule has 0 fully saturated rings. The van der Waals surface area contributed by atoms with Gasteiger partial charge in [0, 0.05) is 22.8 Å². The van der Waals surface area contributed by atoms with Crippen LogP contribution in [-0.2, 0) is 6.54 Å². The Labute approximate surface area is 115 Å². The predicted octanol–water partition coefficient (Wildman–Crippen LogP) is 4.02. The fourth-order valence-electron chi connectivity index (χ4n) is 1.53. The summed E-state index contributed by atoms with van der Waals surface area (Å²) in [5.41, 5.74) is 1.43. The Morgan fingerprint density at radius 2 is 1.67 bits per heavy atom. The minimum Gasteiger partial charge on any atom is -0.508 e. The third-order valence-corrected chi connectivity index (χ3v) is 2.96. The average Bonchev–Trinajstić information content (AvgIpc) is 2.34. The highest BCUT2D eigenvalue weighted by Gasteiger charge is 2.07. The Morgan fingerprint density at radius 1 is 1.00 bits per heavy atom. The molecule has 0 atom stereocenters. The van der Waals surface area contributed by atoms with Crippen molar-refractivity contribution >= 4 is 28.9 Å². The van der Waals surface area contributed by atoms with E-state index in [4.69, 9.17) is 28.3 Å². The lowest BCUT2D eigenvalue weighted by atomic mass is 10.2. The molecule has 0 heterocycles. The van der Waals surface area contributed by atoms with E-state index in [1.54, 1.807) is 30.3 Å². The first-order valence-corrected chi connectivity index (χ1v) is 6.01. The highest BCUT2D eigenvalue weighted by molar-refractivity contribution is 6.35. The summed E-state index contributed by atoms with van der Waals surface area (Å²) in [4.78, 5) is 0. The summed E-state index contributed by atoms with van der Waals surface area (Å²) in [5, 5.41) is 22.7. The molecular weight excluding hydrogens is 273 g/mol. The van der Waals surface area contributed by atoms with E-state index in [1.165, 1.54) is 6.07 Å². The molecule has 0 radical (unpaired) electrons. The van der Waals surface area contributed by atoms with E-state index in [1.807, 2.05) is 0 Å². The van der Waals surface area contributed by atoms with E-state index >= 15 is 0 Å². The van der Waals surface area contributed by atoms with Crippen LogP contribution in [0.1, 0.15) is 5.56 Å². The third kappa shape index (κ3) is 3.00. The van der Waals surface area contributed by atoms with Gasteiger partial charge < -0.3 is 15.5 Å². The average molecular weight is 284 g/mol. The van der Waals surface area contributed by atoms with Gasteiger partial charge in [0.15, 0.2) is 0 Å². The molecule has 2 aromatic rings. The summed E-state index contributed by atoms with van der Waals surface area (Å²) in [6.07, 6.45) is 0. The quantitative estimate of drug-likeness (QED) is 0.746. The summed E-state index contributed by atoms with van der Waals surface area (Å²) in [5.74, 6) is 0.224. The van der Waals surface area contributed by atoms with Gasteiger partial charge in [0.25, 0.3) is 0 Å². The van der Waals surface area contributed by atoms with Gasteiger partial charge in [0.1, 0.15) is 11.5 Å². The second-order valence-electron chi connectivity index (χ2n) is 3.80. The number of halogens is 2. The number of nitrogens with one attached hydrogen (secondary N) is 1. The van der Waals surface area contributed by atoms with Gasteiger partial charge >= 0.3 is 0 Å². The molecule has 5 heteroatoms. The van der Waals surface area contributed by atoms with Gasteiger partial charge in [0.05, 0.1) is 5.02 Å². The smallest absolute Gasteiger partial charge is 0.139 e. The number of phenolic OH excluding ortho intramolecular Hbond substituents is 2. The Morgan fingerprint density at radius 3 is 2.33 bits per heavy atom. The van der Waals surface area contributed by atoms with Crippen molar-refractivity contribution in [3.05, 3.63) is 52.0 Å². The second-order valence-corrected chi connectivity index (χ2v) is 4.64. The van der Waals surface area contributed by atoms with Crippen molar-refractivity contribution in [1.82, 2.24) is 0 Å². The van der Waals surface area contributed by atoms with Crippen LogP contribution < -0.4 is 5.32 Å². The zero-order valence-electron chi connectivity index (χ0n) is 9.32. The molecular formula is C13H11Cl2NO2. The largest absolute Gasteiger partial charge is 0.508 e. The summed E-state index contributed by atoms with van der Waals surface area (Å²) in [7, 11) is 0. The third-order valence-electron chi connectivity index (χ3n) is 2.46. The number of benzene rings is 2. The van der Waals surface area contributed by atoms with Gasteiger partial charge in [-0.25, -0.2) is 0 Å². The fourth-order valence-corrected chi connectivity index (χ4v) is 2.07. The van der Waals surface area contributed by atoms with Gasteiger partial charge in [-0.3, -0.25) is 0 Å². The summed E-state index contributed by atoms with van der Waals surface area (Å²) >= 11 is 11.7. The minimum absolute atomic E-state index is 0.0207. The zero-order valence-corrected chi connectivity index (χ0v) is 10.8. The van der Waals surface area contributed by atoms with Crippen LogP contribution in [-0.4, -0.2) is 10.2 Å². The molecule has 0 spiro atoms. The topological polar surface area (TPSA) is 52.5 Å². The van der Waals surface area contributed by atoms with Crippen LogP contribution in [0.2, 0.25) is 10.0 Å². The van der Waals surface area contributed by atoms with E-state index in [0.29, 0.717) is 17.1 Å². The number of aromatic hydroxyl groups is 2. The maximum absolute atomic E-state index is 9.77. The molecule has 0 aliphatic heterocycles. The van der Waals surface area contributed by atoms with E-state index in [0.717, 1.165) is 5.69 Å². The highest BCUT2D eigenvalue weighted by Crippen LogP contribution is 2.31. The Balaban J connectivity index is 2.13. The second kappa shape index (κ2) is 5.38. The maximum atomic E-state index is 9.77. The number of rotatable bonds is 3. The van der Waals surface area contributed by atoms with Gasteiger partial charge in [-0.05, 0) is 36.4 Å². The first-order valence-electron chi connectivity index (χ1n) is 5.26. The number of hydrogen-bond donors (Lipinski definition) is 3. The Kier molecular flexibility index (Phi) is 3.84. The van der Waals surface area contributed by atoms with Gasteiger partial charge in [0.2, 0.25) is 0 Å². The van der Waals surface area contributed by atoms with Gasteiger partial charge in [-0.15, -0.1) is 0 Å². The molecule has 3 nitrogen and oxygen atoms in total. The summed E-state index contributed by atoms with van der Waals surface area (Å²) in [6, 6.07) is 9.76. The van der Waals surface area contributed by atoms with Gasteiger partial charge in [-0.2, -0.15) is 0 Å². The molecule has 3 N–H and O–H groups in total. The lowest BCUT2D eigenvalue weighted by Crippen LogP contribution is -1.99. The van der Waals surface area contributed by atoms with Crippen molar-refractivity contribution in [2.45, 2.75) is 6.54 Å². The minimum atomic E-state index is 0.0207. The van der Waals surface area contributed by atoms with Crippen LogP contribution in [0.3, 0.4) is 0 Å². The summed E-state index contributed by atoms with van der Waals surface area (Å²) < 4.78 is 0. The number of anilines is 1. The molecule has 0 aromatic heterocycles. The number of hydrogen-bond acceptors (Lipinski definition) is 3. The highest BCUT2D eigenvalue weighted by atomic mass is 35.5. The van der Waals surface area contributed by atoms with Crippen LogP contribution in [0.4, 0.5) is 5.69 Å². The van der Waals surface area contributed by atoms with Crippen LogP contribution in [0.5, 0.6) is 11.5 Å². The van der Waals surface area contributed by atoms with Gasteiger partial charge in [-0.1, -0.05) is 23.2 Å². The van der Waals surface area contributed by atoms with E-state index in [9.17, 15) is 5.11 Å². The molecule has 0 amide bonds.